The maximum Gasteiger partial charge on any atom is 0.265 e. The molecule has 0 aliphatic rings. The van der Waals surface area contributed by atoms with Crippen molar-refractivity contribution in [1.82, 2.24) is 9.78 Å². The second-order valence-corrected chi connectivity index (χ2v) is 7.07. The zero-order valence-electron chi connectivity index (χ0n) is 13.0. The van der Waals surface area contributed by atoms with Crippen molar-refractivity contribution in [3.05, 3.63) is 72.1 Å². The SMILES string of the molecule is Cc1nn(Cc2ccccc2)cc1S(=O)(=O)Nc1ccc(O)cc1. The Kier molecular flexibility index (Phi) is 4.26. The third-order valence-corrected chi connectivity index (χ3v) is 4.98. The number of aromatic nitrogens is 2. The quantitative estimate of drug-likeness (QED) is 0.698. The average Bonchev–Trinajstić information content (AvgIpc) is 2.92. The first-order chi connectivity index (χ1) is 11.4. The van der Waals surface area contributed by atoms with E-state index in [9.17, 15) is 13.5 Å². The number of anilines is 1. The van der Waals surface area contributed by atoms with E-state index in [4.69, 9.17) is 0 Å². The molecule has 24 heavy (non-hydrogen) atoms. The number of hydrogen-bond donors (Lipinski definition) is 2. The Bertz CT molecular complexity index is 933. The van der Waals surface area contributed by atoms with Crippen molar-refractivity contribution in [3.8, 4) is 5.75 Å². The average molecular weight is 343 g/mol. The molecule has 3 aromatic rings. The second kappa shape index (κ2) is 6.37. The maximum atomic E-state index is 12.5. The lowest BCUT2D eigenvalue weighted by molar-refractivity contribution is 0.475. The number of aromatic hydroxyl groups is 1. The van der Waals surface area contributed by atoms with E-state index in [1.54, 1.807) is 11.6 Å². The first-order valence-corrected chi connectivity index (χ1v) is 8.82. The molecule has 0 bridgehead atoms. The van der Waals surface area contributed by atoms with Crippen LogP contribution in [0.25, 0.3) is 0 Å². The van der Waals surface area contributed by atoms with Crippen LogP contribution in [0.4, 0.5) is 5.69 Å². The van der Waals surface area contributed by atoms with E-state index in [2.05, 4.69) is 9.82 Å². The van der Waals surface area contributed by atoms with Gasteiger partial charge in [-0.3, -0.25) is 9.40 Å². The Morgan fingerprint density at radius 1 is 1.08 bits per heavy atom. The topological polar surface area (TPSA) is 84.2 Å². The van der Waals surface area contributed by atoms with Crippen LogP contribution in [0.3, 0.4) is 0 Å². The molecule has 1 heterocycles. The minimum absolute atomic E-state index is 0.0739. The van der Waals surface area contributed by atoms with Crippen LogP contribution in [-0.4, -0.2) is 23.3 Å². The monoisotopic (exact) mass is 343 g/mol. The smallest absolute Gasteiger partial charge is 0.265 e. The van der Waals surface area contributed by atoms with Crippen LogP contribution in [0.2, 0.25) is 0 Å². The van der Waals surface area contributed by atoms with Crippen LogP contribution in [0.5, 0.6) is 5.75 Å². The molecule has 0 aliphatic heterocycles. The third-order valence-electron chi connectivity index (χ3n) is 3.50. The number of hydrogen-bond acceptors (Lipinski definition) is 4. The Morgan fingerprint density at radius 2 is 1.75 bits per heavy atom. The normalized spacial score (nSPS) is 11.4. The van der Waals surface area contributed by atoms with E-state index in [-0.39, 0.29) is 10.6 Å². The van der Waals surface area contributed by atoms with Crippen molar-refractivity contribution in [2.75, 3.05) is 4.72 Å². The molecule has 0 fully saturated rings. The highest BCUT2D eigenvalue weighted by atomic mass is 32.2. The summed E-state index contributed by atoms with van der Waals surface area (Å²) in [5.74, 6) is 0.0739. The van der Waals surface area contributed by atoms with Gasteiger partial charge in [-0.25, -0.2) is 8.42 Å². The number of nitrogens with zero attached hydrogens (tertiary/aromatic N) is 2. The molecule has 0 unspecified atom stereocenters. The van der Waals surface area contributed by atoms with Gasteiger partial charge in [-0.15, -0.1) is 0 Å². The molecule has 3 rings (SSSR count). The third kappa shape index (κ3) is 3.57. The van der Waals surface area contributed by atoms with E-state index in [1.807, 2.05) is 30.3 Å². The summed E-state index contributed by atoms with van der Waals surface area (Å²) in [5.41, 5.74) is 1.84. The van der Waals surface area contributed by atoms with Crippen LogP contribution < -0.4 is 4.72 Å². The summed E-state index contributed by atoms with van der Waals surface area (Å²) < 4.78 is 29.2. The molecule has 2 N–H and O–H groups in total. The van der Waals surface area contributed by atoms with Crippen molar-refractivity contribution in [2.45, 2.75) is 18.4 Å². The zero-order valence-corrected chi connectivity index (χ0v) is 13.9. The molecule has 0 saturated carbocycles. The highest BCUT2D eigenvalue weighted by molar-refractivity contribution is 7.92. The number of nitrogens with one attached hydrogen (secondary N) is 1. The van der Waals surface area contributed by atoms with Gasteiger partial charge in [0.2, 0.25) is 0 Å². The Morgan fingerprint density at radius 3 is 2.42 bits per heavy atom. The maximum absolute atomic E-state index is 12.5. The second-order valence-electron chi connectivity index (χ2n) is 5.41. The largest absolute Gasteiger partial charge is 0.508 e. The number of aryl methyl sites for hydroxylation is 1. The molecule has 0 saturated heterocycles. The lowest BCUT2D eigenvalue weighted by Gasteiger charge is -2.06. The fourth-order valence-electron chi connectivity index (χ4n) is 2.35. The van der Waals surface area contributed by atoms with Gasteiger partial charge >= 0.3 is 0 Å². The first-order valence-electron chi connectivity index (χ1n) is 7.34. The molecule has 1 aromatic heterocycles. The minimum atomic E-state index is -3.74. The summed E-state index contributed by atoms with van der Waals surface area (Å²) in [6, 6.07) is 15.5. The summed E-state index contributed by atoms with van der Waals surface area (Å²) in [7, 11) is -3.74. The van der Waals surface area contributed by atoms with E-state index in [0.29, 0.717) is 17.9 Å². The molecule has 124 valence electrons. The molecule has 0 amide bonds. The molecular weight excluding hydrogens is 326 g/mol. The van der Waals surface area contributed by atoms with Crippen molar-refractivity contribution >= 4 is 15.7 Å². The first kappa shape index (κ1) is 16.1. The zero-order chi connectivity index (χ0) is 17.2. The predicted molar refractivity (Wildman–Crippen MR) is 91.4 cm³/mol. The fraction of sp³-hybridized carbons (Fsp3) is 0.118. The fourth-order valence-corrected chi connectivity index (χ4v) is 3.60. The van der Waals surface area contributed by atoms with Crippen molar-refractivity contribution in [1.29, 1.82) is 0 Å². The predicted octanol–water partition coefficient (Wildman–Crippen LogP) is 2.75. The van der Waals surface area contributed by atoms with Crippen LogP contribution in [-0.2, 0) is 16.6 Å². The van der Waals surface area contributed by atoms with E-state index >= 15 is 0 Å². The van der Waals surface area contributed by atoms with Crippen LogP contribution in [0, 0.1) is 6.92 Å². The van der Waals surface area contributed by atoms with Gasteiger partial charge < -0.3 is 5.11 Å². The van der Waals surface area contributed by atoms with E-state index in [0.717, 1.165) is 5.56 Å². The van der Waals surface area contributed by atoms with Crippen molar-refractivity contribution < 1.29 is 13.5 Å². The Labute approximate surface area is 140 Å². The van der Waals surface area contributed by atoms with E-state index in [1.165, 1.54) is 30.5 Å². The highest BCUT2D eigenvalue weighted by Gasteiger charge is 2.20. The highest BCUT2D eigenvalue weighted by Crippen LogP contribution is 2.20. The minimum Gasteiger partial charge on any atom is -0.508 e. The lowest BCUT2D eigenvalue weighted by Crippen LogP contribution is -2.13. The number of benzene rings is 2. The van der Waals surface area contributed by atoms with Gasteiger partial charge in [-0.05, 0) is 36.8 Å². The molecule has 7 heteroatoms. The molecule has 2 aromatic carbocycles. The summed E-state index contributed by atoms with van der Waals surface area (Å²) >= 11 is 0. The molecular formula is C17H17N3O3S. The standard InChI is InChI=1S/C17H17N3O3S/c1-13-17(12-20(18-13)11-14-5-3-2-4-6-14)24(22,23)19-15-7-9-16(21)10-8-15/h2-10,12,19,21H,11H2,1H3. The van der Waals surface area contributed by atoms with Gasteiger partial charge in [0.05, 0.1) is 12.2 Å². The van der Waals surface area contributed by atoms with E-state index < -0.39 is 10.0 Å². The number of phenols is 1. The summed E-state index contributed by atoms with van der Waals surface area (Å²) in [6.45, 7) is 2.16. The van der Waals surface area contributed by atoms with Gasteiger partial charge in [0.1, 0.15) is 10.6 Å². The van der Waals surface area contributed by atoms with Crippen LogP contribution >= 0.6 is 0 Å². The molecule has 0 atom stereocenters. The Balaban J connectivity index is 1.84. The summed E-state index contributed by atoms with van der Waals surface area (Å²) in [6.07, 6.45) is 1.52. The van der Waals surface area contributed by atoms with Crippen molar-refractivity contribution in [2.24, 2.45) is 0 Å². The number of sulfonamides is 1. The van der Waals surface area contributed by atoms with Gasteiger partial charge in [-0.2, -0.15) is 5.10 Å². The van der Waals surface area contributed by atoms with Crippen LogP contribution in [0.15, 0.2) is 65.7 Å². The van der Waals surface area contributed by atoms with Gasteiger partial charge in [0, 0.05) is 11.9 Å². The lowest BCUT2D eigenvalue weighted by atomic mass is 10.2. The molecule has 6 nitrogen and oxygen atoms in total. The molecule has 0 spiro atoms. The van der Waals surface area contributed by atoms with Crippen molar-refractivity contribution in [3.63, 3.8) is 0 Å². The Hall–Kier alpha value is -2.80. The molecule has 0 radical (unpaired) electrons. The van der Waals surface area contributed by atoms with Gasteiger partial charge in [0.25, 0.3) is 10.0 Å². The number of rotatable bonds is 5. The number of phenolic OH excluding ortho intramolecular Hbond substituents is 1. The van der Waals surface area contributed by atoms with Gasteiger partial charge in [-0.1, -0.05) is 30.3 Å². The van der Waals surface area contributed by atoms with Gasteiger partial charge in [0.15, 0.2) is 0 Å². The summed E-state index contributed by atoms with van der Waals surface area (Å²) in [4.78, 5) is 0.131. The molecule has 0 aliphatic carbocycles. The van der Waals surface area contributed by atoms with Crippen LogP contribution in [0.1, 0.15) is 11.3 Å². The summed E-state index contributed by atoms with van der Waals surface area (Å²) in [5, 5.41) is 13.6.